The number of rotatable bonds is 2. The Balaban J connectivity index is 0.000000433. The molecule has 0 unspecified atom stereocenters. The van der Waals surface area contributed by atoms with E-state index in [1.807, 2.05) is 0 Å². The van der Waals surface area contributed by atoms with Crippen molar-refractivity contribution >= 4 is 41.7 Å². The zero-order valence-electron chi connectivity index (χ0n) is 10.6. The zero-order chi connectivity index (χ0) is 16.1. The summed E-state index contributed by atoms with van der Waals surface area (Å²) in [7, 11) is 0. The van der Waals surface area contributed by atoms with Gasteiger partial charge in [0, 0.05) is 0 Å². The van der Waals surface area contributed by atoms with Crippen molar-refractivity contribution in [3.05, 3.63) is 23.8 Å². The van der Waals surface area contributed by atoms with Crippen molar-refractivity contribution in [2.24, 2.45) is 20.0 Å². The van der Waals surface area contributed by atoms with E-state index in [0.717, 1.165) is 17.7 Å². The van der Waals surface area contributed by atoms with Crippen LogP contribution in [0.15, 0.2) is 38.2 Å². The van der Waals surface area contributed by atoms with Crippen LogP contribution in [0.2, 0.25) is 0 Å². The van der Waals surface area contributed by atoms with E-state index in [0.29, 0.717) is 11.4 Å². The molecule has 0 bridgehead atoms. The fourth-order valence-electron chi connectivity index (χ4n) is 0.993. The molecule has 9 nitrogen and oxygen atoms in total. The van der Waals surface area contributed by atoms with Crippen molar-refractivity contribution in [3.63, 3.8) is 0 Å². The Morgan fingerprint density at radius 3 is 1.95 bits per heavy atom. The van der Waals surface area contributed by atoms with E-state index in [1.165, 1.54) is 18.2 Å². The van der Waals surface area contributed by atoms with Crippen molar-refractivity contribution in [1.29, 1.82) is 0 Å². The Bertz CT molecular complexity index is 697. The van der Waals surface area contributed by atoms with E-state index in [1.54, 1.807) is 19.1 Å². The third kappa shape index (κ3) is 7.43. The molecule has 9 heteroatoms. The average molecular weight is 286 g/mol. The number of hydrogen-bond donors (Lipinski definition) is 0. The van der Waals surface area contributed by atoms with Crippen molar-refractivity contribution in [2.45, 2.75) is 6.92 Å². The normalized spacial score (nSPS) is 7.48. The maximum atomic E-state index is 10.00. The van der Waals surface area contributed by atoms with E-state index < -0.39 is 6.03 Å². The highest BCUT2D eigenvalue weighted by Gasteiger charge is 1.97. The first-order valence-electron chi connectivity index (χ1n) is 5.05. The van der Waals surface area contributed by atoms with Crippen LogP contribution >= 0.6 is 0 Å². The van der Waals surface area contributed by atoms with E-state index in [2.05, 4.69) is 20.0 Å². The quantitative estimate of drug-likeness (QED) is 0.602. The van der Waals surface area contributed by atoms with Gasteiger partial charge in [0.25, 0.3) is 0 Å². The van der Waals surface area contributed by atoms with Gasteiger partial charge >= 0.3 is 6.03 Å². The maximum Gasteiger partial charge on any atom is 0.388 e. The molecule has 0 atom stereocenters. The summed E-state index contributed by atoms with van der Waals surface area (Å²) in [5.41, 5.74) is 1.72. The van der Waals surface area contributed by atoms with Gasteiger partial charge in [0.05, 0.1) is 11.4 Å². The van der Waals surface area contributed by atoms with E-state index >= 15 is 0 Å². The van der Waals surface area contributed by atoms with Crippen LogP contribution in [0.1, 0.15) is 5.56 Å². The number of nitrogens with zero attached hydrogens (tertiary/aromatic N) is 4. The summed E-state index contributed by atoms with van der Waals surface area (Å²) < 4.78 is 0. The minimum Gasteiger partial charge on any atom is -0.242 e. The first kappa shape index (κ1) is 17.4. The smallest absolute Gasteiger partial charge is 0.242 e. The van der Waals surface area contributed by atoms with Crippen molar-refractivity contribution in [1.82, 2.24) is 0 Å². The number of benzene rings is 1. The number of aliphatic imine (C=N–C) groups is 4. The minimum absolute atomic E-state index is 0.426. The molecule has 21 heavy (non-hydrogen) atoms. The molecule has 0 fully saturated rings. The lowest BCUT2D eigenvalue weighted by Gasteiger charge is -1.97. The van der Waals surface area contributed by atoms with Crippen LogP contribution in [0.25, 0.3) is 0 Å². The van der Waals surface area contributed by atoms with Gasteiger partial charge in [-0.15, -0.1) is 9.98 Å². The summed E-state index contributed by atoms with van der Waals surface area (Å²) >= 11 is 0. The Morgan fingerprint density at radius 2 is 1.48 bits per heavy atom. The standard InChI is InChI=1S/C9H6N2O2.C3N2O3/c1-7-2-3-8(10-5-12)4-9(7)11-6-13;6-1-4-3(8)5-2-7/h2-4H,1H3;. The summed E-state index contributed by atoms with van der Waals surface area (Å²) in [5.74, 6) is 0. The van der Waals surface area contributed by atoms with E-state index in [-0.39, 0.29) is 0 Å². The second-order valence-electron chi connectivity index (χ2n) is 3.07. The highest BCUT2D eigenvalue weighted by Crippen LogP contribution is 2.23. The molecule has 0 N–H and O–H groups in total. The molecule has 0 radical (unpaired) electrons. The molecule has 0 heterocycles. The molecule has 2 amide bonds. The van der Waals surface area contributed by atoms with Gasteiger partial charge in [-0.25, -0.2) is 24.0 Å². The molecule has 1 aromatic rings. The third-order valence-corrected chi connectivity index (χ3v) is 1.82. The summed E-state index contributed by atoms with van der Waals surface area (Å²) in [5, 5.41) is 0. The Labute approximate surface area is 117 Å². The molecule has 0 saturated heterocycles. The lowest BCUT2D eigenvalue weighted by molar-refractivity contribution is 0.257. The largest absolute Gasteiger partial charge is 0.388 e. The summed E-state index contributed by atoms with van der Waals surface area (Å²) in [4.78, 5) is 59.8. The highest BCUT2D eigenvalue weighted by molar-refractivity contribution is 5.84. The predicted octanol–water partition coefficient (Wildman–Crippen LogP) is 1.71. The predicted molar refractivity (Wildman–Crippen MR) is 68.4 cm³/mol. The number of amides is 2. The van der Waals surface area contributed by atoms with Crippen LogP contribution < -0.4 is 0 Å². The Kier molecular flexibility index (Phi) is 8.58. The molecular weight excluding hydrogens is 280 g/mol. The van der Waals surface area contributed by atoms with Crippen LogP contribution in [0.4, 0.5) is 16.2 Å². The molecule has 0 aliphatic rings. The molecule has 104 valence electrons. The Hall–Kier alpha value is -3.59. The first-order chi connectivity index (χ1) is 10.1. The number of aryl methyl sites for hydroxylation is 1. The van der Waals surface area contributed by atoms with Gasteiger partial charge in [0.2, 0.25) is 24.3 Å². The zero-order valence-corrected chi connectivity index (χ0v) is 10.6. The second kappa shape index (κ2) is 10.3. The minimum atomic E-state index is -1.19. The van der Waals surface area contributed by atoms with Crippen LogP contribution in [-0.4, -0.2) is 30.4 Å². The average Bonchev–Trinajstić information content (AvgIpc) is 2.44. The van der Waals surface area contributed by atoms with E-state index in [9.17, 15) is 24.0 Å². The monoisotopic (exact) mass is 286 g/mol. The van der Waals surface area contributed by atoms with Crippen molar-refractivity contribution in [2.75, 3.05) is 0 Å². The molecule has 1 rings (SSSR count). The fourth-order valence-corrected chi connectivity index (χ4v) is 0.993. The summed E-state index contributed by atoms with van der Waals surface area (Å²) in [6, 6.07) is 3.69. The topological polar surface area (TPSA) is 135 Å². The number of carbonyl (C=O) groups is 1. The molecule has 0 saturated carbocycles. The SMILES string of the molecule is Cc1ccc(N=C=O)cc1N=C=O.O=C=NC(=O)N=C=O. The highest BCUT2D eigenvalue weighted by atomic mass is 16.2. The summed E-state index contributed by atoms with van der Waals surface area (Å²) in [6.07, 6.45) is 4.65. The molecule has 1 aromatic carbocycles. The molecule has 0 spiro atoms. The van der Waals surface area contributed by atoms with Crippen LogP contribution in [0, 0.1) is 6.92 Å². The summed E-state index contributed by atoms with van der Waals surface area (Å²) in [6.45, 7) is 1.80. The van der Waals surface area contributed by atoms with Crippen LogP contribution in [-0.2, 0) is 19.2 Å². The van der Waals surface area contributed by atoms with Gasteiger partial charge < -0.3 is 0 Å². The third-order valence-electron chi connectivity index (χ3n) is 1.82. The lowest BCUT2D eigenvalue weighted by atomic mass is 10.2. The molecular formula is C12H6N4O5. The van der Waals surface area contributed by atoms with Crippen molar-refractivity contribution in [3.8, 4) is 0 Å². The van der Waals surface area contributed by atoms with Gasteiger partial charge in [-0.05, 0) is 24.6 Å². The molecule has 0 aliphatic heterocycles. The number of urea groups is 1. The fraction of sp³-hybridized carbons (Fsp3) is 0.0833. The van der Waals surface area contributed by atoms with E-state index in [4.69, 9.17) is 0 Å². The number of isocyanates is 4. The number of carbonyl (C=O) groups excluding carboxylic acids is 5. The lowest BCUT2D eigenvalue weighted by Crippen LogP contribution is -1.78. The van der Waals surface area contributed by atoms with Crippen molar-refractivity contribution < 1.29 is 24.0 Å². The van der Waals surface area contributed by atoms with Gasteiger partial charge in [0.15, 0.2) is 0 Å². The molecule has 0 aromatic heterocycles. The molecule has 0 aliphatic carbocycles. The van der Waals surface area contributed by atoms with Crippen LogP contribution in [0.5, 0.6) is 0 Å². The maximum absolute atomic E-state index is 10.00. The van der Waals surface area contributed by atoms with Crippen LogP contribution in [0.3, 0.4) is 0 Å². The second-order valence-corrected chi connectivity index (χ2v) is 3.07. The van der Waals surface area contributed by atoms with Gasteiger partial charge in [-0.3, -0.25) is 0 Å². The first-order valence-corrected chi connectivity index (χ1v) is 5.05. The van der Waals surface area contributed by atoms with Gasteiger partial charge in [-0.1, -0.05) is 6.07 Å². The Morgan fingerprint density at radius 1 is 0.905 bits per heavy atom. The van der Waals surface area contributed by atoms with Gasteiger partial charge in [0.1, 0.15) is 0 Å². The number of hydrogen-bond acceptors (Lipinski definition) is 7. The van der Waals surface area contributed by atoms with Gasteiger partial charge in [-0.2, -0.15) is 9.98 Å².